The van der Waals surface area contributed by atoms with Gasteiger partial charge in [0.25, 0.3) is 0 Å². The zero-order valence-electron chi connectivity index (χ0n) is 26.7. The SMILES string of the molecule is CCc1[cH-]c2ccc3ccccc3c2c1[Si](C)(C)c1c(CC)[cH-]c2ccc3ccccc3c12.[CH2-]CCC.[CH2-]CCC.[Ti+4]. The van der Waals surface area contributed by atoms with Crippen LogP contribution in [0.3, 0.4) is 0 Å². The summed E-state index contributed by atoms with van der Waals surface area (Å²) in [5, 5.41) is 14.6. The molecule has 0 nitrogen and oxygen atoms in total. The molecular weight excluding hydrogens is 556 g/mol. The normalized spacial score (nSPS) is 11.2. The largest absolute Gasteiger partial charge is 4.00 e. The van der Waals surface area contributed by atoms with Crippen LogP contribution in [-0.4, -0.2) is 8.07 Å². The molecule has 42 heavy (non-hydrogen) atoms. The zero-order valence-corrected chi connectivity index (χ0v) is 29.3. The monoisotopic (exact) mass is 604 g/mol. The van der Waals surface area contributed by atoms with E-state index in [-0.39, 0.29) is 21.7 Å². The molecule has 0 unspecified atom stereocenters. The van der Waals surface area contributed by atoms with Crippen LogP contribution in [0.4, 0.5) is 0 Å². The predicted molar refractivity (Wildman–Crippen MR) is 190 cm³/mol. The van der Waals surface area contributed by atoms with Gasteiger partial charge in [-0.2, -0.15) is 23.2 Å². The smallest absolute Gasteiger partial charge is 0.343 e. The summed E-state index contributed by atoms with van der Waals surface area (Å²) in [4.78, 5) is 0. The maximum absolute atomic E-state index is 3.60. The first kappa shape index (κ1) is 34.0. The molecule has 0 heterocycles. The number of unbranched alkanes of at least 4 members (excludes halogenated alkanes) is 2. The van der Waals surface area contributed by atoms with E-state index < -0.39 is 8.07 Å². The van der Waals surface area contributed by atoms with Gasteiger partial charge in [-0.1, -0.05) is 125 Å². The Morgan fingerprint density at radius 2 is 0.929 bits per heavy atom. The molecule has 0 saturated heterocycles. The average Bonchev–Trinajstić information content (AvgIpc) is 3.61. The Kier molecular flexibility index (Phi) is 12.4. The molecule has 0 aliphatic heterocycles. The molecule has 6 aromatic carbocycles. The van der Waals surface area contributed by atoms with Gasteiger partial charge in [-0.05, 0) is 23.6 Å². The van der Waals surface area contributed by atoms with E-state index in [2.05, 4.69) is 140 Å². The number of fused-ring (bicyclic) bond motifs is 6. The van der Waals surface area contributed by atoms with Crippen molar-refractivity contribution < 1.29 is 21.7 Å². The van der Waals surface area contributed by atoms with Gasteiger partial charge in [0.15, 0.2) is 0 Å². The van der Waals surface area contributed by atoms with Gasteiger partial charge in [-0.3, -0.25) is 0 Å². The van der Waals surface area contributed by atoms with Crippen molar-refractivity contribution in [2.75, 3.05) is 0 Å². The molecule has 0 amide bonds. The molecule has 0 N–H and O–H groups in total. The second-order valence-electron chi connectivity index (χ2n) is 11.6. The van der Waals surface area contributed by atoms with Gasteiger partial charge in [0.2, 0.25) is 0 Å². The van der Waals surface area contributed by atoms with Crippen molar-refractivity contribution in [2.24, 2.45) is 0 Å². The van der Waals surface area contributed by atoms with Crippen LogP contribution in [0.5, 0.6) is 0 Å². The third-order valence-corrected chi connectivity index (χ3v) is 12.1. The van der Waals surface area contributed by atoms with Crippen molar-refractivity contribution in [3.8, 4) is 0 Å². The molecule has 0 aromatic heterocycles. The van der Waals surface area contributed by atoms with Crippen LogP contribution in [-0.2, 0) is 34.6 Å². The fourth-order valence-electron chi connectivity index (χ4n) is 6.33. The summed E-state index contributed by atoms with van der Waals surface area (Å²) in [6.45, 7) is 21.3. The van der Waals surface area contributed by atoms with Gasteiger partial charge in [-0.25, -0.2) is 0 Å². The van der Waals surface area contributed by atoms with Gasteiger partial charge in [0.1, 0.15) is 0 Å². The van der Waals surface area contributed by atoms with Crippen molar-refractivity contribution in [3.05, 3.63) is 110 Å². The third-order valence-electron chi connectivity index (χ3n) is 8.44. The Morgan fingerprint density at radius 3 is 1.26 bits per heavy atom. The van der Waals surface area contributed by atoms with Crippen molar-refractivity contribution in [3.63, 3.8) is 0 Å². The fraction of sp³-hybridized carbons (Fsp3) is 0.300. The van der Waals surface area contributed by atoms with Crippen LogP contribution in [0.2, 0.25) is 13.1 Å². The summed E-state index contributed by atoms with van der Waals surface area (Å²) < 4.78 is 0. The Balaban J connectivity index is 0.000000482. The number of hydrogen-bond acceptors (Lipinski definition) is 0. The Hall–Kier alpha value is -2.45. The number of aryl methyl sites for hydroxylation is 2. The quantitative estimate of drug-likeness (QED) is 0.131. The van der Waals surface area contributed by atoms with E-state index in [4.69, 9.17) is 0 Å². The van der Waals surface area contributed by atoms with Crippen LogP contribution in [0.25, 0.3) is 43.1 Å². The standard InChI is InChI=1S/C32H30Si.2C4H9.Ti/c1-5-21-19-25-17-15-23-11-7-9-13-27(23)29(25)31(21)33(3,4)32-22(6-2)20-26-18-16-24-12-8-10-14-28(24)30(26)32;2*1-3-4-2;/h7-20H,5-6H2,1-4H3;2*1,3-4H2,2H3;/q-2;2*-1;+4. The van der Waals surface area contributed by atoms with Crippen molar-refractivity contribution >= 4 is 61.5 Å². The minimum Gasteiger partial charge on any atom is -0.343 e. The molecule has 0 bridgehead atoms. The average molecular weight is 605 g/mol. The Morgan fingerprint density at radius 1 is 0.571 bits per heavy atom. The second kappa shape index (κ2) is 15.3. The van der Waals surface area contributed by atoms with E-state index in [9.17, 15) is 0 Å². The van der Waals surface area contributed by atoms with Crippen molar-refractivity contribution in [2.45, 2.75) is 79.3 Å². The summed E-state index contributed by atoms with van der Waals surface area (Å²) in [7, 11) is -2.05. The van der Waals surface area contributed by atoms with Crippen molar-refractivity contribution in [1.82, 2.24) is 0 Å². The van der Waals surface area contributed by atoms with Crippen LogP contribution < -0.4 is 10.4 Å². The summed E-state index contributed by atoms with van der Waals surface area (Å²) in [6.07, 6.45) is 6.71. The minimum atomic E-state index is -2.05. The van der Waals surface area contributed by atoms with Gasteiger partial charge in [0.05, 0.1) is 0 Å². The molecule has 6 aromatic rings. The first-order valence-corrected chi connectivity index (χ1v) is 18.7. The van der Waals surface area contributed by atoms with Crippen LogP contribution in [0.1, 0.15) is 64.5 Å². The van der Waals surface area contributed by atoms with Gasteiger partial charge < -0.3 is 13.8 Å². The molecule has 0 aliphatic rings. The topological polar surface area (TPSA) is 0 Å². The number of benzene rings is 4. The molecule has 0 spiro atoms. The summed E-state index contributed by atoms with van der Waals surface area (Å²) in [5.41, 5.74) is 3.07. The number of hydrogen-bond donors (Lipinski definition) is 0. The predicted octanol–water partition coefficient (Wildman–Crippen LogP) is 10.9. The molecule has 0 aliphatic carbocycles. The van der Waals surface area contributed by atoms with E-state index in [1.54, 1.807) is 10.4 Å². The van der Waals surface area contributed by atoms with E-state index >= 15 is 0 Å². The molecule has 216 valence electrons. The van der Waals surface area contributed by atoms with E-state index in [0.717, 1.165) is 25.7 Å². The first-order chi connectivity index (χ1) is 19.9. The zero-order chi connectivity index (χ0) is 29.6. The van der Waals surface area contributed by atoms with E-state index in [1.165, 1.54) is 67.1 Å². The first-order valence-electron chi connectivity index (χ1n) is 15.7. The van der Waals surface area contributed by atoms with Crippen LogP contribution in [0, 0.1) is 13.8 Å². The number of rotatable bonds is 6. The van der Waals surface area contributed by atoms with E-state index in [1.807, 2.05) is 0 Å². The fourth-order valence-corrected chi connectivity index (χ4v) is 10.5. The third kappa shape index (κ3) is 6.54. The summed E-state index contributed by atoms with van der Waals surface area (Å²) in [5.74, 6) is 0. The summed E-state index contributed by atoms with van der Waals surface area (Å²) >= 11 is 0. The Bertz CT molecular complexity index is 1600. The van der Waals surface area contributed by atoms with E-state index in [0.29, 0.717) is 0 Å². The molecular formula is C40H48SiTi. The van der Waals surface area contributed by atoms with Gasteiger partial charge in [0, 0.05) is 8.07 Å². The molecule has 0 fully saturated rings. The minimum absolute atomic E-state index is 0. The van der Waals surface area contributed by atoms with Gasteiger partial charge >= 0.3 is 21.7 Å². The van der Waals surface area contributed by atoms with Crippen molar-refractivity contribution in [1.29, 1.82) is 0 Å². The maximum Gasteiger partial charge on any atom is 4.00 e. The molecule has 0 saturated carbocycles. The summed E-state index contributed by atoms with van der Waals surface area (Å²) in [6, 6.07) is 32.1. The van der Waals surface area contributed by atoms with Crippen LogP contribution in [0.15, 0.2) is 84.9 Å². The molecule has 0 atom stereocenters. The van der Waals surface area contributed by atoms with Crippen LogP contribution >= 0.6 is 0 Å². The second-order valence-corrected chi connectivity index (χ2v) is 15.9. The maximum atomic E-state index is 3.60. The Labute approximate surface area is 271 Å². The van der Waals surface area contributed by atoms with Gasteiger partial charge in [-0.15, -0.1) is 56.9 Å². The molecule has 6 rings (SSSR count). The molecule has 2 heteroatoms. The molecule has 0 radical (unpaired) electrons.